The summed E-state index contributed by atoms with van der Waals surface area (Å²) in [4.78, 5) is 0. The summed E-state index contributed by atoms with van der Waals surface area (Å²) < 4.78 is 12.6. The molecule has 0 aliphatic heterocycles. The monoisotopic (exact) mass is 262 g/mol. The van der Waals surface area contributed by atoms with Crippen molar-refractivity contribution in [1.82, 2.24) is 9.78 Å². The smallest absolute Gasteiger partial charge is 0.128 e. The highest BCUT2D eigenvalue weighted by Crippen LogP contribution is 2.25. The lowest BCUT2D eigenvalue weighted by atomic mass is 10.2. The second-order valence-electron chi connectivity index (χ2n) is 4.25. The predicted octanol–water partition coefficient (Wildman–Crippen LogP) is 1.54. The van der Waals surface area contributed by atoms with Crippen molar-refractivity contribution in [2.24, 2.45) is 7.05 Å². The number of hydrogen-bond acceptors (Lipinski definition) is 4. The fourth-order valence-electron chi connectivity index (χ4n) is 1.81. The Kier molecular flexibility index (Phi) is 4.41. The first-order valence-corrected chi connectivity index (χ1v) is 6.11. The molecule has 2 rings (SSSR count). The molecule has 0 aliphatic rings. The molecule has 5 nitrogen and oxygen atoms in total. The van der Waals surface area contributed by atoms with Crippen molar-refractivity contribution in [3.05, 3.63) is 41.7 Å². The van der Waals surface area contributed by atoms with Crippen LogP contribution in [-0.4, -0.2) is 28.6 Å². The molecule has 5 heteroatoms. The largest absolute Gasteiger partial charge is 0.497 e. The zero-order valence-electron chi connectivity index (χ0n) is 11.2. The van der Waals surface area contributed by atoms with Gasteiger partial charge in [-0.25, -0.2) is 0 Å². The lowest BCUT2D eigenvalue weighted by molar-refractivity contribution is 0.263. The summed E-state index contributed by atoms with van der Waals surface area (Å²) in [7, 11) is 3.49. The van der Waals surface area contributed by atoms with Crippen molar-refractivity contribution >= 4 is 0 Å². The maximum absolute atomic E-state index is 9.27. The third kappa shape index (κ3) is 3.48. The van der Waals surface area contributed by atoms with Crippen molar-refractivity contribution in [2.45, 2.75) is 13.0 Å². The molecule has 2 aromatic rings. The molecule has 0 unspecified atom stereocenters. The van der Waals surface area contributed by atoms with Gasteiger partial charge in [-0.2, -0.15) is 5.10 Å². The Morgan fingerprint density at radius 1 is 1.37 bits per heavy atom. The van der Waals surface area contributed by atoms with Crippen LogP contribution in [-0.2, 0) is 20.1 Å². The molecule has 1 heterocycles. The van der Waals surface area contributed by atoms with E-state index in [4.69, 9.17) is 9.47 Å². The van der Waals surface area contributed by atoms with Crippen LogP contribution in [0.3, 0.4) is 0 Å². The van der Waals surface area contributed by atoms with Gasteiger partial charge in [-0.05, 0) is 17.7 Å². The Morgan fingerprint density at radius 2 is 2.21 bits per heavy atom. The van der Waals surface area contributed by atoms with Crippen molar-refractivity contribution < 1.29 is 14.6 Å². The summed E-state index contributed by atoms with van der Waals surface area (Å²) in [6, 6.07) is 5.40. The normalized spacial score (nSPS) is 10.5. The van der Waals surface area contributed by atoms with E-state index in [1.807, 2.05) is 19.4 Å². The molecular formula is C14H18N2O3. The zero-order valence-corrected chi connectivity index (χ0v) is 11.2. The summed E-state index contributed by atoms with van der Waals surface area (Å²) in [6.07, 6.45) is 4.56. The SMILES string of the molecule is COc1ccc(CO)c(OCCc2cnn(C)c2)c1. The summed E-state index contributed by atoms with van der Waals surface area (Å²) in [5, 5.41) is 13.4. The highest BCUT2D eigenvalue weighted by atomic mass is 16.5. The lowest BCUT2D eigenvalue weighted by Gasteiger charge is -2.11. The molecule has 0 bridgehead atoms. The van der Waals surface area contributed by atoms with Gasteiger partial charge in [0.2, 0.25) is 0 Å². The molecule has 0 amide bonds. The van der Waals surface area contributed by atoms with E-state index in [0.717, 1.165) is 17.5 Å². The summed E-state index contributed by atoms with van der Waals surface area (Å²) in [5.74, 6) is 1.37. The fraction of sp³-hybridized carbons (Fsp3) is 0.357. The van der Waals surface area contributed by atoms with E-state index in [1.165, 1.54) is 0 Å². The van der Waals surface area contributed by atoms with Gasteiger partial charge in [0.05, 0.1) is 26.5 Å². The van der Waals surface area contributed by atoms with Crippen molar-refractivity contribution in [3.63, 3.8) is 0 Å². The first-order valence-electron chi connectivity index (χ1n) is 6.11. The molecule has 0 saturated heterocycles. The third-order valence-electron chi connectivity index (χ3n) is 2.85. The van der Waals surface area contributed by atoms with E-state index in [0.29, 0.717) is 18.1 Å². The van der Waals surface area contributed by atoms with Gasteiger partial charge in [0.25, 0.3) is 0 Å². The van der Waals surface area contributed by atoms with Crippen LogP contribution in [0.1, 0.15) is 11.1 Å². The number of benzene rings is 1. The molecule has 0 aliphatic carbocycles. The molecule has 1 aromatic carbocycles. The van der Waals surface area contributed by atoms with E-state index in [1.54, 1.807) is 30.0 Å². The van der Waals surface area contributed by atoms with Crippen LogP contribution in [0.5, 0.6) is 11.5 Å². The van der Waals surface area contributed by atoms with Crippen LogP contribution in [0.2, 0.25) is 0 Å². The van der Waals surface area contributed by atoms with Crippen LogP contribution in [0.25, 0.3) is 0 Å². The zero-order chi connectivity index (χ0) is 13.7. The fourth-order valence-corrected chi connectivity index (χ4v) is 1.81. The molecule has 19 heavy (non-hydrogen) atoms. The Labute approximate surface area is 112 Å². The number of rotatable bonds is 6. The molecule has 0 spiro atoms. The van der Waals surface area contributed by atoms with Crippen LogP contribution in [0.15, 0.2) is 30.6 Å². The van der Waals surface area contributed by atoms with Gasteiger partial charge in [-0.1, -0.05) is 0 Å². The quantitative estimate of drug-likeness (QED) is 0.858. The third-order valence-corrected chi connectivity index (χ3v) is 2.85. The Hall–Kier alpha value is -2.01. The molecule has 0 atom stereocenters. The van der Waals surface area contributed by atoms with E-state index < -0.39 is 0 Å². The molecule has 0 radical (unpaired) electrons. The number of aryl methyl sites for hydroxylation is 1. The first-order chi connectivity index (χ1) is 9.22. The number of methoxy groups -OCH3 is 1. The number of ether oxygens (including phenoxy) is 2. The summed E-state index contributed by atoms with van der Waals surface area (Å²) >= 11 is 0. The van der Waals surface area contributed by atoms with Crippen LogP contribution in [0.4, 0.5) is 0 Å². The van der Waals surface area contributed by atoms with Gasteiger partial charge >= 0.3 is 0 Å². The minimum Gasteiger partial charge on any atom is -0.497 e. The second kappa shape index (κ2) is 6.24. The number of aliphatic hydroxyl groups is 1. The molecular weight excluding hydrogens is 244 g/mol. The van der Waals surface area contributed by atoms with Crippen molar-refractivity contribution in [3.8, 4) is 11.5 Å². The first kappa shape index (κ1) is 13.4. The number of aromatic nitrogens is 2. The van der Waals surface area contributed by atoms with Crippen molar-refractivity contribution in [1.29, 1.82) is 0 Å². The predicted molar refractivity (Wildman–Crippen MR) is 71.3 cm³/mol. The minimum absolute atomic E-state index is 0.0494. The standard InChI is InChI=1S/C14H18N2O3/c1-16-9-11(8-15-16)5-6-19-14-7-13(18-2)4-3-12(14)10-17/h3-4,7-9,17H,5-6,10H2,1-2H3. The van der Waals surface area contributed by atoms with E-state index in [2.05, 4.69) is 5.10 Å². The van der Waals surface area contributed by atoms with Crippen LogP contribution < -0.4 is 9.47 Å². The van der Waals surface area contributed by atoms with E-state index in [9.17, 15) is 5.11 Å². The average Bonchev–Trinajstić information content (AvgIpc) is 2.84. The maximum atomic E-state index is 9.27. The minimum atomic E-state index is -0.0494. The highest BCUT2D eigenvalue weighted by Gasteiger charge is 2.05. The topological polar surface area (TPSA) is 56.5 Å². The molecule has 102 valence electrons. The van der Waals surface area contributed by atoms with Gasteiger partial charge in [0.15, 0.2) is 0 Å². The molecule has 1 aromatic heterocycles. The van der Waals surface area contributed by atoms with Gasteiger partial charge in [-0.15, -0.1) is 0 Å². The van der Waals surface area contributed by atoms with Crippen LogP contribution >= 0.6 is 0 Å². The summed E-state index contributed by atoms with van der Waals surface area (Å²) in [6.45, 7) is 0.484. The highest BCUT2D eigenvalue weighted by molar-refractivity contribution is 5.40. The average molecular weight is 262 g/mol. The Bertz CT molecular complexity index is 537. The summed E-state index contributed by atoms with van der Waals surface area (Å²) in [5.41, 5.74) is 1.88. The van der Waals surface area contributed by atoms with E-state index >= 15 is 0 Å². The maximum Gasteiger partial charge on any atom is 0.128 e. The van der Waals surface area contributed by atoms with Gasteiger partial charge in [-0.3, -0.25) is 4.68 Å². The molecule has 1 N–H and O–H groups in total. The van der Waals surface area contributed by atoms with Gasteiger partial charge in [0.1, 0.15) is 11.5 Å². The van der Waals surface area contributed by atoms with Gasteiger partial charge < -0.3 is 14.6 Å². The van der Waals surface area contributed by atoms with Crippen molar-refractivity contribution in [2.75, 3.05) is 13.7 Å². The van der Waals surface area contributed by atoms with E-state index in [-0.39, 0.29) is 6.61 Å². The second-order valence-corrected chi connectivity index (χ2v) is 4.25. The Balaban J connectivity index is 1.98. The van der Waals surface area contributed by atoms with Gasteiger partial charge in [0, 0.05) is 31.3 Å². The number of hydrogen-bond donors (Lipinski definition) is 1. The van der Waals surface area contributed by atoms with Crippen LogP contribution in [0, 0.1) is 0 Å². The number of nitrogens with zero attached hydrogens (tertiary/aromatic N) is 2. The number of aliphatic hydroxyl groups excluding tert-OH is 1. The lowest BCUT2D eigenvalue weighted by Crippen LogP contribution is -2.03. The molecule has 0 fully saturated rings. The Morgan fingerprint density at radius 3 is 2.84 bits per heavy atom. The molecule has 0 saturated carbocycles.